The van der Waals surface area contributed by atoms with Crippen molar-refractivity contribution >= 4 is 11.9 Å². The van der Waals surface area contributed by atoms with E-state index in [0.717, 1.165) is 12.5 Å². The zero-order valence-electron chi connectivity index (χ0n) is 11.1. The van der Waals surface area contributed by atoms with E-state index in [4.69, 9.17) is 5.11 Å². The van der Waals surface area contributed by atoms with E-state index in [9.17, 15) is 4.79 Å². The molecule has 0 radical (unpaired) electrons. The van der Waals surface area contributed by atoms with Crippen LogP contribution in [0.4, 0.5) is 5.95 Å². The van der Waals surface area contributed by atoms with Gasteiger partial charge in [0.15, 0.2) is 0 Å². The van der Waals surface area contributed by atoms with Gasteiger partial charge in [-0.1, -0.05) is 0 Å². The van der Waals surface area contributed by atoms with Crippen molar-refractivity contribution in [3.05, 3.63) is 17.5 Å². The van der Waals surface area contributed by atoms with Crippen LogP contribution >= 0.6 is 0 Å². The summed E-state index contributed by atoms with van der Waals surface area (Å²) in [6.45, 7) is 6.88. The largest absolute Gasteiger partial charge is 0.478 e. The van der Waals surface area contributed by atoms with E-state index in [-0.39, 0.29) is 5.56 Å². The standard InChI is InChI=1S/C13H19N3O2/c1-8(2)16(7-10-4-5-10)13-14-6-11(12(17)18)9(3)15-13/h6,8,10H,4-5,7H2,1-3H3,(H,17,18). The Morgan fingerprint density at radius 2 is 2.22 bits per heavy atom. The van der Waals surface area contributed by atoms with E-state index in [0.29, 0.717) is 17.7 Å². The minimum absolute atomic E-state index is 0.175. The first-order valence-electron chi connectivity index (χ1n) is 6.32. The van der Waals surface area contributed by atoms with Gasteiger partial charge < -0.3 is 10.0 Å². The summed E-state index contributed by atoms with van der Waals surface area (Å²) in [6, 6.07) is 0.320. The fraction of sp³-hybridized carbons (Fsp3) is 0.615. The van der Waals surface area contributed by atoms with E-state index in [1.807, 2.05) is 0 Å². The molecule has 0 spiro atoms. The topological polar surface area (TPSA) is 66.3 Å². The lowest BCUT2D eigenvalue weighted by Crippen LogP contribution is -2.34. The Hall–Kier alpha value is -1.65. The smallest absolute Gasteiger partial charge is 0.339 e. The molecule has 1 aliphatic rings. The molecular weight excluding hydrogens is 230 g/mol. The maximum atomic E-state index is 10.9. The first-order valence-corrected chi connectivity index (χ1v) is 6.32. The van der Waals surface area contributed by atoms with Crippen molar-refractivity contribution < 1.29 is 9.90 Å². The third kappa shape index (κ3) is 2.78. The quantitative estimate of drug-likeness (QED) is 0.865. The number of hydrogen-bond donors (Lipinski definition) is 1. The molecule has 2 rings (SSSR count). The van der Waals surface area contributed by atoms with Crippen LogP contribution in [0.1, 0.15) is 42.7 Å². The number of nitrogens with zero attached hydrogens (tertiary/aromatic N) is 3. The summed E-state index contributed by atoms with van der Waals surface area (Å²) in [7, 11) is 0. The molecule has 0 aliphatic heterocycles. The minimum Gasteiger partial charge on any atom is -0.478 e. The Balaban J connectivity index is 2.24. The van der Waals surface area contributed by atoms with Gasteiger partial charge in [0.1, 0.15) is 0 Å². The highest BCUT2D eigenvalue weighted by Crippen LogP contribution is 2.31. The summed E-state index contributed by atoms with van der Waals surface area (Å²) in [5.74, 6) is 0.409. The first kappa shape index (κ1) is 12.8. The molecule has 1 heterocycles. The van der Waals surface area contributed by atoms with Crippen LogP contribution in [0.15, 0.2) is 6.20 Å². The number of hydrogen-bond acceptors (Lipinski definition) is 4. The minimum atomic E-state index is -0.975. The highest BCUT2D eigenvalue weighted by atomic mass is 16.4. The maximum absolute atomic E-state index is 10.9. The highest BCUT2D eigenvalue weighted by molar-refractivity contribution is 5.88. The van der Waals surface area contributed by atoms with Crippen LogP contribution in [0.2, 0.25) is 0 Å². The molecule has 0 saturated heterocycles. The van der Waals surface area contributed by atoms with Crippen LogP contribution in [0.3, 0.4) is 0 Å². The number of rotatable bonds is 5. The summed E-state index contributed by atoms with van der Waals surface area (Å²) in [6.07, 6.45) is 3.95. The SMILES string of the molecule is Cc1nc(N(CC2CC2)C(C)C)ncc1C(=O)O. The molecule has 98 valence electrons. The molecule has 1 aromatic rings. The van der Waals surface area contributed by atoms with Crippen molar-refractivity contribution in [1.29, 1.82) is 0 Å². The van der Waals surface area contributed by atoms with Gasteiger partial charge in [-0.3, -0.25) is 0 Å². The van der Waals surface area contributed by atoms with Crippen LogP contribution in [-0.4, -0.2) is 33.6 Å². The van der Waals surface area contributed by atoms with Crippen molar-refractivity contribution in [2.24, 2.45) is 5.92 Å². The van der Waals surface area contributed by atoms with Gasteiger partial charge in [0.2, 0.25) is 5.95 Å². The van der Waals surface area contributed by atoms with Gasteiger partial charge in [-0.25, -0.2) is 14.8 Å². The molecule has 5 heteroatoms. The monoisotopic (exact) mass is 249 g/mol. The number of carbonyl (C=O) groups is 1. The third-order valence-electron chi connectivity index (χ3n) is 3.23. The third-order valence-corrected chi connectivity index (χ3v) is 3.23. The van der Waals surface area contributed by atoms with Crippen molar-refractivity contribution in [3.8, 4) is 0 Å². The molecule has 0 aromatic carbocycles. The zero-order valence-corrected chi connectivity index (χ0v) is 11.1. The van der Waals surface area contributed by atoms with Crippen molar-refractivity contribution in [2.75, 3.05) is 11.4 Å². The molecule has 1 saturated carbocycles. The van der Waals surface area contributed by atoms with Crippen LogP contribution in [0.5, 0.6) is 0 Å². The molecule has 0 bridgehead atoms. The summed E-state index contributed by atoms with van der Waals surface area (Å²) < 4.78 is 0. The average Bonchev–Trinajstić information content (AvgIpc) is 3.08. The van der Waals surface area contributed by atoms with Crippen LogP contribution in [0.25, 0.3) is 0 Å². The molecule has 0 amide bonds. The summed E-state index contributed by atoms with van der Waals surface area (Å²) in [5, 5.41) is 8.97. The van der Waals surface area contributed by atoms with Crippen molar-refractivity contribution in [3.63, 3.8) is 0 Å². The molecule has 0 atom stereocenters. The second-order valence-electron chi connectivity index (χ2n) is 5.16. The van der Waals surface area contributed by atoms with Crippen LogP contribution < -0.4 is 4.90 Å². The number of carboxylic acid groups (broad SMARTS) is 1. The van der Waals surface area contributed by atoms with Crippen molar-refractivity contribution in [1.82, 2.24) is 9.97 Å². The van der Waals surface area contributed by atoms with E-state index in [2.05, 4.69) is 28.7 Å². The Morgan fingerprint density at radius 1 is 1.56 bits per heavy atom. The molecule has 1 aliphatic carbocycles. The highest BCUT2D eigenvalue weighted by Gasteiger charge is 2.27. The van der Waals surface area contributed by atoms with Crippen molar-refractivity contribution in [2.45, 2.75) is 39.7 Å². The molecule has 0 unspecified atom stereocenters. The number of carboxylic acids is 1. The van der Waals surface area contributed by atoms with E-state index < -0.39 is 5.97 Å². The van der Waals surface area contributed by atoms with Gasteiger partial charge in [-0.2, -0.15) is 0 Å². The average molecular weight is 249 g/mol. The Labute approximate surface area is 107 Å². The lowest BCUT2D eigenvalue weighted by molar-refractivity contribution is 0.0695. The van der Waals surface area contributed by atoms with Gasteiger partial charge in [-0.15, -0.1) is 0 Å². The van der Waals surface area contributed by atoms with Gasteiger partial charge in [0, 0.05) is 18.8 Å². The van der Waals surface area contributed by atoms with Gasteiger partial charge in [-0.05, 0) is 39.5 Å². The second kappa shape index (κ2) is 4.92. The predicted octanol–water partition coefficient (Wildman–Crippen LogP) is 2.11. The summed E-state index contributed by atoms with van der Waals surface area (Å²) >= 11 is 0. The summed E-state index contributed by atoms with van der Waals surface area (Å²) in [5.41, 5.74) is 0.697. The number of aromatic nitrogens is 2. The molecular formula is C13H19N3O2. The Morgan fingerprint density at radius 3 is 2.67 bits per heavy atom. The molecule has 1 aromatic heterocycles. The van der Waals surface area contributed by atoms with Crippen LogP contribution in [-0.2, 0) is 0 Å². The van der Waals surface area contributed by atoms with E-state index in [1.165, 1.54) is 19.0 Å². The molecule has 18 heavy (non-hydrogen) atoms. The molecule has 1 fully saturated rings. The number of aromatic carboxylic acids is 1. The van der Waals surface area contributed by atoms with Crippen LogP contribution in [0, 0.1) is 12.8 Å². The number of anilines is 1. The Kier molecular flexibility index (Phi) is 3.50. The van der Waals surface area contributed by atoms with E-state index >= 15 is 0 Å². The lowest BCUT2D eigenvalue weighted by atomic mass is 10.2. The lowest BCUT2D eigenvalue weighted by Gasteiger charge is -2.27. The first-order chi connectivity index (χ1) is 8.49. The number of aryl methyl sites for hydroxylation is 1. The fourth-order valence-corrected chi connectivity index (χ4v) is 1.91. The van der Waals surface area contributed by atoms with E-state index in [1.54, 1.807) is 6.92 Å². The maximum Gasteiger partial charge on any atom is 0.339 e. The summed E-state index contributed by atoms with van der Waals surface area (Å²) in [4.78, 5) is 21.6. The normalized spacial score (nSPS) is 14.9. The second-order valence-corrected chi connectivity index (χ2v) is 5.16. The molecule has 1 N–H and O–H groups in total. The zero-order chi connectivity index (χ0) is 13.3. The Bertz CT molecular complexity index is 456. The molecule has 5 nitrogen and oxygen atoms in total. The van der Waals surface area contributed by atoms with Gasteiger partial charge >= 0.3 is 5.97 Å². The van der Waals surface area contributed by atoms with Gasteiger partial charge in [0.05, 0.1) is 11.3 Å². The van der Waals surface area contributed by atoms with Gasteiger partial charge in [0.25, 0.3) is 0 Å². The predicted molar refractivity (Wildman–Crippen MR) is 68.9 cm³/mol. The fourth-order valence-electron chi connectivity index (χ4n) is 1.91.